The molecule has 7 heteroatoms. The largest absolute Gasteiger partial charge is 0.360 e. The molecule has 2 heterocycles. The molecule has 0 aliphatic rings. The summed E-state index contributed by atoms with van der Waals surface area (Å²) in [5.41, 5.74) is 2.12. The van der Waals surface area contributed by atoms with Crippen molar-refractivity contribution in [1.82, 2.24) is 15.1 Å². The van der Waals surface area contributed by atoms with Crippen molar-refractivity contribution >= 4 is 39.2 Å². The Kier molecular flexibility index (Phi) is 4.06. The van der Waals surface area contributed by atoms with E-state index in [-0.39, 0.29) is 0 Å². The first-order valence-corrected chi connectivity index (χ1v) is 7.46. The Morgan fingerprint density at radius 1 is 1.05 bits per heavy atom. The number of nitrogens with zero attached hydrogens (tertiary/aromatic N) is 3. The van der Waals surface area contributed by atoms with Gasteiger partial charge in [0, 0.05) is 16.7 Å². The molecule has 0 unspecified atom stereocenters. The molecule has 2 aromatic heterocycles. The summed E-state index contributed by atoms with van der Waals surface area (Å²) < 4.78 is 5.98. The summed E-state index contributed by atoms with van der Waals surface area (Å²) in [5, 5.41) is 10.1. The maximum atomic E-state index is 5.00. The van der Waals surface area contributed by atoms with Gasteiger partial charge in [0.25, 0.3) is 0 Å². The first-order chi connectivity index (χ1) is 10.6. The van der Waals surface area contributed by atoms with E-state index < -0.39 is 0 Å². The first kappa shape index (κ1) is 14.5. The molecule has 3 rings (SSSR count). The van der Waals surface area contributed by atoms with Crippen LogP contribution in [0.2, 0.25) is 0 Å². The van der Waals surface area contributed by atoms with Crippen LogP contribution in [-0.2, 0) is 0 Å². The van der Waals surface area contributed by atoms with E-state index in [4.69, 9.17) is 4.52 Å². The second kappa shape index (κ2) is 6.15. The van der Waals surface area contributed by atoms with E-state index in [1.165, 1.54) is 5.56 Å². The van der Waals surface area contributed by atoms with Gasteiger partial charge in [-0.1, -0.05) is 11.2 Å². The lowest BCUT2D eigenvalue weighted by molar-refractivity contribution is 0.400. The Balaban J connectivity index is 1.78. The van der Waals surface area contributed by atoms with Crippen molar-refractivity contribution in [2.24, 2.45) is 0 Å². The van der Waals surface area contributed by atoms with Crippen LogP contribution in [0.5, 0.6) is 0 Å². The summed E-state index contributed by atoms with van der Waals surface area (Å²) >= 11 is 3.54. The number of benzene rings is 1. The van der Waals surface area contributed by atoms with Crippen molar-refractivity contribution in [3.05, 3.63) is 52.3 Å². The summed E-state index contributed by atoms with van der Waals surface area (Å²) in [5.74, 6) is 2.43. The smallest absolute Gasteiger partial charge is 0.230 e. The summed E-state index contributed by atoms with van der Waals surface area (Å²) in [4.78, 5) is 8.57. The average molecular weight is 360 g/mol. The third kappa shape index (κ3) is 3.43. The van der Waals surface area contributed by atoms with Gasteiger partial charge in [-0.3, -0.25) is 0 Å². The van der Waals surface area contributed by atoms with Gasteiger partial charge in [-0.25, -0.2) is 4.98 Å². The van der Waals surface area contributed by atoms with Crippen LogP contribution in [0, 0.1) is 13.8 Å². The van der Waals surface area contributed by atoms with Crippen LogP contribution in [0.15, 0.2) is 45.5 Å². The normalized spacial score (nSPS) is 10.5. The number of hydrogen-bond donors (Lipinski definition) is 2. The highest BCUT2D eigenvalue weighted by Crippen LogP contribution is 2.26. The fraction of sp³-hybridized carbons (Fsp3) is 0.133. The van der Waals surface area contributed by atoms with Crippen molar-refractivity contribution in [2.45, 2.75) is 13.8 Å². The lowest BCUT2D eigenvalue weighted by atomic mass is 10.2. The van der Waals surface area contributed by atoms with E-state index in [9.17, 15) is 0 Å². The van der Waals surface area contributed by atoms with Gasteiger partial charge in [0.1, 0.15) is 11.6 Å². The third-order valence-electron chi connectivity index (χ3n) is 2.91. The lowest BCUT2D eigenvalue weighted by Crippen LogP contribution is -2.00. The molecule has 0 aliphatic carbocycles. The van der Waals surface area contributed by atoms with E-state index in [1.54, 1.807) is 18.3 Å². The zero-order valence-corrected chi connectivity index (χ0v) is 13.7. The van der Waals surface area contributed by atoms with E-state index in [1.807, 2.05) is 32.0 Å². The molecule has 3 aromatic rings. The zero-order chi connectivity index (χ0) is 15.5. The van der Waals surface area contributed by atoms with Crippen LogP contribution in [0.25, 0.3) is 0 Å². The fourth-order valence-corrected chi connectivity index (χ4v) is 2.48. The maximum absolute atomic E-state index is 5.00. The summed E-state index contributed by atoms with van der Waals surface area (Å²) in [6.45, 7) is 3.87. The molecule has 112 valence electrons. The van der Waals surface area contributed by atoms with Crippen LogP contribution in [-0.4, -0.2) is 15.1 Å². The molecule has 0 spiro atoms. The van der Waals surface area contributed by atoms with Crippen molar-refractivity contribution in [3.63, 3.8) is 0 Å². The van der Waals surface area contributed by atoms with Gasteiger partial charge in [-0.15, -0.1) is 0 Å². The Morgan fingerprint density at radius 2 is 1.91 bits per heavy atom. The average Bonchev–Trinajstić information content (AvgIpc) is 2.88. The molecule has 6 nitrogen and oxygen atoms in total. The van der Waals surface area contributed by atoms with E-state index in [2.05, 4.69) is 41.7 Å². The molecule has 2 N–H and O–H groups in total. The molecular weight excluding hydrogens is 346 g/mol. The first-order valence-electron chi connectivity index (χ1n) is 6.67. The maximum Gasteiger partial charge on any atom is 0.230 e. The molecule has 0 bridgehead atoms. The van der Waals surface area contributed by atoms with Gasteiger partial charge in [0.15, 0.2) is 5.82 Å². The number of aryl methyl sites for hydroxylation is 2. The number of hydrogen-bond acceptors (Lipinski definition) is 6. The molecule has 0 fully saturated rings. The van der Waals surface area contributed by atoms with Crippen LogP contribution in [0.1, 0.15) is 11.3 Å². The van der Waals surface area contributed by atoms with Gasteiger partial charge in [-0.2, -0.15) is 4.98 Å². The van der Waals surface area contributed by atoms with Gasteiger partial charge >= 0.3 is 0 Å². The monoisotopic (exact) mass is 359 g/mol. The number of rotatable bonds is 4. The molecule has 0 amide bonds. The van der Waals surface area contributed by atoms with Crippen molar-refractivity contribution < 1.29 is 4.52 Å². The summed E-state index contributed by atoms with van der Waals surface area (Å²) in [6, 6.07) is 9.65. The standard InChI is InChI=1S/C15H14BrN5O/c1-9-3-4-12(11(16)7-9)18-13-5-6-17-15(19-13)20-14-8-10(2)22-21-14/h3-8H,1-2H3,(H2,17,18,19,20,21). The molecule has 1 aromatic carbocycles. The molecule has 0 saturated carbocycles. The second-order valence-electron chi connectivity index (χ2n) is 4.82. The van der Waals surface area contributed by atoms with Crippen molar-refractivity contribution in [3.8, 4) is 0 Å². The molecule has 0 aliphatic heterocycles. The minimum atomic E-state index is 0.446. The quantitative estimate of drug-likeness (QED) is 0.721. The van der Waals surface area contributed by atoms with Crippen LogP contribution in [0.3, 0.4) is 0 Å². The van der Waals surface area contributed by atoms with Gasteiger partial charge < -0.3 is 15.2 Å². The Labute approximate surface area is 136 Å². The van der Waals surface area contributed by atoms with Crippen molar-refractivity contribution in [2.75, 3.05) is 10.6 Å². The second-order valence-corrected chi connectivity index (χ2v) is 5.68. The van der Waals surface area contributed by atoms with Crippen LogP contribution >= 0.6 is 15.9 Å². The van der Waals surface area contributed by atoms with Crippen LogP contribution in [0.4, 0.5) is 23.3 Å². The SMILES string of the molecule is Cc1ccc(Nc2ccnc(Nc3cc(C)on3)n2)c(Br)c1. The minimum absolute atomic E-state index is 0.446. The molecule has 22 heavy (non-hydrogen) atoms. The highest BCUT2D eigenvalue weighted by Gasteiger charge is 2.05. The Morgan fingerprint density at radius 3 is 2.64 bits per heavy atom. The third-order valence-corrected chi connectivity index (χ3v) is 3.57. The van der Waals surface area contributed by atoms with Gasteiger partial charge in [0.2, 0.25) is 5.95 Å². The van der Waals surface area contributed by atoms with Crippen molar-refractivity contribution in [1.29, 1.82) is 0 Å². The molecule has 0 radical (unpaired) electrons. The number of nitrogens with one attached hydrogen (secondary N) is 2. The molecule has 0 atom stereocenters. The number of halogens is 1. The highest BCUT2D eigenvalue weighted by molar-refractivity contribution is 9.10. The van der Waals surface area contributed by atoms with E-state index >= 15 is 0 Å². The number of aromatic nitrogens is 3. The fourth-order valence-electron chi connectivity index (χ4n) is 1.89. The predicted octanol–water partition coefficient (Wildman–Crippen LogP) is 4.33. The number of anilines is 4. The molecular formula is C15H14BrN5O. The summed E-state index contributed by atoms with van der Waals surface area (Å²) in [6.07, 6.45) is 1.67. The Bertz CT molecular complexity index is 802. The Hall–Kier alpha value is -2.41. The van der Waals surface area contributed by atoms with Gasteiger partial charge in [0.05, 0.1) is 5.69 Å². The topological polar surface area (TPSA) is 75.9 Å². The lowest BCUT2D eigenvalue weighted by Gasteiger charge is -2.09. The molecule has 0 saturated heterocycles. The predicted molar refractivity (Wildman–Crippen MR) is 88.7 cm³/mol. The van der Waals surface area contributed by atoms with Gasteiger partial charge in [-0.05, 0) is 53.5 Å². The van der Waals surface area contributed by atoms with E-state index in [0.717, 1.165) is 15.9 Å². The van der Waals surface area contributed by atoms with E-state index in [0.29, 0.717) is 17.6 Å². The van der Waals surface area contributed by atoms with Crippen LogP contribution < -0.4 is 10.6 Å². The highest BCUT2D eigenvalue weighted by atomic mass is 79.9. The summed E-state index contributed by atoms with van der Waals surface area (Å²) in [7, 11) is 0. The zero-order valence-electron chi connectivity index (χ0n) is 12.1. The minimum Gasteiger partial charge on any atom is -0.360 e.